The van der Waals surface area contributed by atoms with Crippen molar-refractivity contribution in [3.8, 4) is 0 Å². The Hall–Kier alpha value is -2.63. The number of ketones is 1. The maximum Gasteiger partial charge on any atom is 0.309 e. The highest BCUT2D eigenvalue weighted by atomic mass is 16.5. The molecule has 1 aromatic carbocycles. The quantitative estimate of drug-likeness (QED) is 0.598. The number of hydrogen-bond donors (Lipinski definition) is 0. The van der Waals surface area contributed by atoms with E-state index in [1.807, 2.05) is 36.1 Å². The van der Waals surface area contributed by atoms with Crippen molar-refractivity contribution in [2.24, 2.45) is 11.8 Å². The first-order valence-electron chi connectivity index (χ1n) is 9.51. The zero-order chi connectivity index (χ0) is 19.0. The lowest BCUT2D eigenvalue weighted by Gasteiger charge is -2.31. The molecule has 2 heterocycles. The van der Waals surface area contributed by atoms with Crippen LogP contribution in [0, 0.1) is 18.8 Å². The number of hydrogen-bond acceptors (Lipinski definition) is 5. The molecule has 0 N–H and O–H groups in total. The molecule has 2 aliphatic rings. The van der Waals surface area contributed by atoms with E-state index < -0.39 is 0 Å². The van der Waals surface area contributed by atoms with E-state index >= 15 is 0 Å². The van der Waals surface area contributed by atoms with Crippen LogP contribution in [0.25, 0.3) is 11.0 Å². The van der Waals surface area contributed by atoms with Crippen molar-refractivity contribution in [3.63, 3.8) is 0 Å². The molecular formula is C21H23NO5. The molecule has 1 saturated heterocycles. The van der Waals surface area contributed by atoms with Crippen LogP contribution < -0.4 is 0 Å². The van der Waals surface area contributed by atoms with Gasteiger partial charge in [-0.2, -0.15) is 0 Å². The third-order valence-electron chi connectivity index (χ3n) is 5.51. The van der Waals surface area contributed by atoms with Crippen molar-refractivity contribution in [1.82, 2.24) is 4.90 Å². The van der Waals surface area contributed by atoms with Crippen molar-refractivity contribution < 1.29 is 23.5 Å². The maximum absolute atomic E-state index is 12.4. The fourth-order valence-electron chi connectivity index (χ4n) is 3.68. The lowest BCUT2D eigenvalue weighted by atomic mass is 9.96. The molecule has 6 heteroatoms. The highest BCUT2D eigenvalue weighted by Crippen LogP contribution is 2.32. The van der Waals surface area contributed by atoms with Gasteiger partial charge < -0.3 is 14.1 Å². The van der Waals surface area contributed by atoms with Crippen molar-refractivity contribution in [3.05, 3.63) is 35.6 Å². The molecule has 1 aromatic heterocycles. The standard InChI is InChI=1S/C21H23NO5/c1-13-16-4-2-3-5-18(16)27-19(13)17(23)12-26-21(25)15-8-10-22(11-9-15)20(24)14-6-7-14/h2-5,14-15H,6-12H2,1H3. The first kappa shape index (κ1) is 17.8. The lowest BCUT2D eigenvalue weighted by Crippen LogP contribution is -2.41. The van der Waals surface area contributed by atoms with Crippen LogP contribution in [-0.2, 0) is 14.3 Å². The number of likely N-dealkylation sites (tertiary alicyclic amines) is 1. The maximum atomic E-state index is 12.4. The van der Waals surface area contributed by atoms with Crippen molar-refractivity contribution in [2.75, 3.05) is 19.7 Å². The molecule has 0 bridgehead atoms. The van der Waals surface area contributed by atoms with E-state index in [0.29, 0.717) is 31.5 Å². The summed E-state index contributed by atoms with van der Waals surface area (Å²) in [4.78, 5) is 38.6. The number of esters is 1. The minimum Gasteiger partial charge on any atom is -0.457 e. The molecule has 1 aliphatic heterocycles. The lowest BCUT2D eigenvalue weighted by molar-refractivity contribution is -0.150. The second-order valence-corrected chi connectivity index (χ2v) is 7.46. The van der Waals surface area contributed by atoms with Crippen LogP contribution in [0.3, 0.4) is 0 Å². The Kier molecular flexibility index (Phi) is 4.72. The van der Waals surface area contributed by atoms with Crippen LogP contribution >= 0.6 is 0 Å². The second-order valence-electron chi connectivity index (χ2n) is 7.46. The Bertz CT molecular complexity index is 887. The van der Waals surface area contributed by atoms with Gasteiger partial charge >= 0.3 is 5.97 Å². The van der Waals surface area contributed by atoms with Gasteiger partial charge in [0.2, 0.25) is 11.7 Å². The molecule has 142 valence electrons. The predicted octanol–water partition coefficient (Wildman–Crippen LogP) is 3.12. The fourth-order valence-corrected chi connectivity index (χ4v) is 3.68. The van der Waals surface area contributed by atoms with Gasteiger partial charge in [-0.1, -0.05) is 18.2 Å². The van der Waals surface area contributed by atoms with Gasteiger partial charge in [0, 0.05) is 30.0 Å². The van der Waals surface area contributed by atoms with Crippen LogP contribution in [-0.4, -0.2) is 42.3 Å². The Morgan fingerprint density at radius 2 is 1.78 bits per heavy atom. The van der Waals surface area contributed by atoms with Crippen LogP contribution in [0.15, 0.2) is 28.7 Å². The minimum atomic E-state index is -0.365. The summed E-state index contributed by atoms with van der Waals surface area (Å²) in [5.41, 5.74) is 1.41. The topological polar surface area (TPSA) is 76.8 Å². The number of carbonyl (C=O) groups is 3. The van der Waals surface area contributed by atoms with Gasteiger partial charge in [-0.05, 0) is 38.7 Å². The molecule has 1 saturated carbocycles. The van der Waals surface area contributed by atoms with Crippen molar-refractivity contribution in [2.45, 2.75) is 32.6 Å². The SMILES string of the molecule is Cc1c(C(=O)COC(=O)C2CCN(C(=O)C3CC3)CC2)oc2ccccc12. The number of rotatable bonds is 5. The Morgan fingerprint density at radius 1 is 1.07 bits per heavy atom. The van der Waals surface area contributed by atoms with Crippen molar-refractivity contribution in [1.29, 1.82) is 0 Å². The Balaban J connectivity index is 1.30. The third kappa shape index (κ3) is 3.61. The monoisotopic (exact) mass is 369 g/mol. The minimum absolute atomic E-state index is 0.207. The smallest absolute Gasteiger partial charge is 0.309 e. The van der Waals surface area contributed by atoms with Crippen LogP contribution in [0.2, 0.25) is 0 Å². The van der Waals surface area contributed by atoms with E-state index in [9.17, 15) is 14.4 Å². The normalized spacial score (nSPS) is 17.9. The molecule has 6 nitrogen and oxygen atoms in total. The number of piperidine rings is 1. The van der Waals surface area contributed by atoms with Gasteiger partial charge in [-0.15, -0.1) is 0 Å². The van der Waals surface area contributed by atoms with Gasteiger partial charge in [0.25, 0.3) is 0 Å². The molecular weight excluding hydrogens is 346 g/mol. The number of aryl methyl sites for hydroxylation is 1. The van der Waals surface area contributed by atoms with E-state index in [1.165, 1.54) is 0 Å². The van der Waals surface area contributed by atoms with Gasteiger partial charge in [0.05, 0.1) is 5.92 Å². The first-order valence-corrected chi connectivity index (χ1v) is 9.51. The largest absolute Gasteiger partial charge is 0.457 e. The van der Waals surface area contributed by atoms with E-state index in [0.717, 1.165) is 23.8 Å². The predicted molar refractivity (Wildman–Crippen MR) is 98.3 cm³/mol. The molecule has 4 rings (SSSR count). The summed E-state index contributed by atoms with van der Waals surface area (Å²) in [6.45, 7) is 2.69. The Labute approximate surface area is 157 Å². The number of fused-ring (bicyclic) bond motifs is 1. The Morgan fingerprint density at radius 3 is 2.44 bits per heavy atom. The number of nitrogens with zero attached hydrogens (tertiary/aromatic N) is 1. The average Bonchev–Trinajstić information content (AvgIpc) is 3.49. The molecule has 2 fully saturated rings. The molecule has 2 aromatic rings. The van der Waals surface area contributed by atoms with E-state index in [4.69, 9.17) is 9.15 Å². The van der Waals surface area contributed by atoms with Gasteiger partial charge in [-0.25, -0.2) is 0 Å². The summed E-state index contributed by atoms with van der Waals surface area (Å²) in [6.07, 6.45) is 3.17. The second kappa shape index (κ2) is 7.18. The van der Waals surface area contributed by atoms with Crippen LogP contribution in [0.1, 0.15) is 41.8 Å². The fraction of sp³-hybridized carbons (Fsp3) is 0.476. The van der Waals surface area contributed by atoms with Crippen LogP contribution in [0.4, 0.5) is 0 Å². The molecule has 27 heavy (non-hydrogen) atoms. The molecule has 0 spiro atoms. The summed E-state index contributed by atoms with van der Waals surface area (Å²) >= 11 is 0. The molecule has 0 unspecified atom stereocenters. The molecule has 1 amide bonds. The summed E-state index contributed by atoms with van der Waals surface area (Å²) in [5.74, 6) is -0.281. The zero-order valence-corrected chi connectivity index (χ0v) is 15.4. The number of para-hydroxylation sites is 1. The molecule has 0 atom stereocenters. The number of Topliss-reactive ketones (excluding diaryl/α,β-unsaturated/α-hetero) is 1. The van der Waals surface area contributed by atoms with Gasteiger partial charge in [-0.3, -0.25) is 14.4 Å². The average molecular weight is 369 g/mol. The molecule has 0 radical (unpaired) electrons. The van der Waals surface area contributed by atoms with Crippen LogP contribution in [0.5, 0.6) is 0 Å². The highest BCUT2D eigenvalue weighted by molar-refractivity contribution is 6.01. The summed E-state index contributed by atoms with van der Waals surface area (Å²) in [5, 5.41) is 0.889. The zero-order valence-electron chi connectivity index (χ0n) is 15.4. The third-order valence-corrected chi connectivity index (χ3v) is 5.51. The number of benzene rings is 1. The van der Waals surface area contributed by atoms with Gasteiger partial charge in [0.1, 0.15) is 5.58 Å². The summed E-state index contributed by atoms with van der Waals surface area (Å²) < 4.78 is 10.9. The van der Waals surface area contributed by atoms with E-state index in [1.54, 1.807) is 0 Å². The number of furan rings is 1. The van der Waals surface area contributed by atoms with Crippen molar-refractivity contribution >= 4 is 28.6 Å². The van der Waals surface area contributed by atoms with E-state index in [2.05, 4.69) is 0 Å². The van der Waals surface area contributed by atoms with Gasteiger partial charge in [0.15, 0.2) is 12.4 Å². The molecule has 1 aliphatic carbocycles. The summed E-state index contributed by atoms with van der Waals surface area (Å²) in [7, 11) is 0. The summed E-state index contributed by atoms with van der Waals surface area (Å²) in [6, 6.07) is 7.44. The number of carbonyl (C=O) groups excluding carboxylic acids is 3. The number of amides is 1. The number of ether oxygens (including phenoxy) is 1. The highest BCUT2D eigenvalue weighted by Gasteiger charge is 2.36. The first-order chi connectivity index (χ1) is 13.0. The van der Waals surface area contributed by atoms with E-state index in [-0.39, 0.29) is 41.9 Å².